The molecule has 0 unspecified atom stereocenters. The molecule has 0 spiro atoms. The molecule has 5 rings (SSSR count). The van der Waals surface area contributed by atoms with E-state index in [-0.39, 0.29) is 11.0 Å². The predicted octanol–water partition coefficient (Wildman–Crippen LogP) is 5.32. The molecule has 9 heteroatoms. The van der Waals surface area contributed by atoms with E-state index in [0.717, 1.165) is 12.8 Å². The van der Waals surface area contributed by atoms with Gasteiger partial charge in [0.15, 0.2) is 0 Å². The highest BCUT2D eigenvalue weighted by atomic mass is 19.1. The van der Waals surface area contributed by atoms with E-state index in [2.05, 4.69) is 26.6 Å². The standard InChI is InChI=1S/C27H29F2N7/c1-27(2,3)15-31-25-20-12-18(8-11-22(20)33-26(29)21(25)13-30)32-24(16-4-6-17(28)7-5-16)23-14-36(35-34-23)19-9-10-19/h4-8,11-12,14,19,24,32,34-35H,9-10,15H2,1-3H3,(H,31,33)/t24-/m1/s1/i24D. The summed E-state index contributed by atoms with van der Waals surface area (Å²) in [6, 6.07) is 11.7. The molecular weight excluding hydrogens is 460 g/mol. The van der Waals surface area contributed by atoms with E-state index in [9.17, 15) is 15.4 Å². The van der Waals surface area contributed by atoms with Gasteiger partial charge in [0.1, 0.15) is 17.4 Å². The molecule has 1 aliphatic heterocycles. The van der Waals surface area contributed by atoms with Crippen molar-refractivity contribution in [1.82, 2.24) is 21.0 Å². The van der Waals surface area contributed by atoms with Gasteiger partial charge in [-0.05, 0) is 54.2 Å². The second-order valence-corrected chi connectivity index (χ2v) is 10.3. The zero-order valence-corrected chi connectivity index (χ0v) is 20.4. The summed E-state index contributed by atoms with van der Waals surface area (Å²) in [4.78, 5) is 3.98. The normalized spacial score (nSPS) is 17.6. The minimum atomic E-state index is -1.51. The van der Waals surface area contributed by atoms with Gasteiger partial charge in [0, 0.05) is 29.9 Å². The molecule has 1 aliphatic carbocycles. The summed E-state index contributed by atoms with van der Waals surface area (Å²) in [6.07, 6.45) is 3.98. The molecule has 0 amide bonds. The van der Waals surface area contributed by atoms with Crippen LogP contribution in [0.5, 0.6) is 0 Å². The summed E-state index contributed by atoms with van der Waals surface area (Å²) in [7, 11) is 0. The summed E-state index contributed by atoms with van der Waals surface area (Å²) < 4.78 is 37.9. The van der Waals surface area contributed by atoms with Crippen LogP contribution in [0.3, 0.4) is 0 Å². The molecule has 0 bridgehead atoms. The Morgan fingerprint density at radius 3 is 2.64 bits per heavy atom. The van der Waals surface area contributed by atoms with Gasteiger partial charge in [0.05, 0.1) is 24.3 Å². The number of anilines is 2. The lowest BCUT2D eigenvalue weighted by molar-refractivity contribution is 0.260. The number of hydrogen-bond acceptors (Lipinski definition) is 7. The van der Waals surface area contributed by atoms with Crippen LogP contribution in [0.15, 0.2) is 54.4 Å². The number of nitrogens with zero attached hydrogens (tertiary/aromatic N) is 3. The third kappa shape index (κ3) is 5.04. The van der Waals surface area contributed by atoms with E-state index in [1.165, 1.54) is 12.1 Å². The van der Waals surface area contributed by atoms with Gasteiger partial charge in [0.25, 0.3) is 0 Å². The number of nitriles is 1. The Balaban J connectivity index is 1.58. The molecule has 1 saturated carbocycles. The van der Waals surface area contributed by atoms with Crippen molar-refractivity contribution < 1.29 is 10.2 Å². The maximum atomic E-state index is 14.7. The van der Waals surface area contributed by atoms with Crippen molar-refractivity contribution in [3.63, 3.8) is 0 Å². The van der Waals surface area contributed by atoms with Gasteiger partial charge in [0.2, 0.25) is 5.95 Å². The predicted molar refractivity (Wildman–Crippen MR) is 136 cm³/mol. The minimum Gasteiger partial charge on any atom is -0.383 e. The van der Waals surface area contributed by atoms with Gasteiger partial charge in [-0.25, -0.2) is 9.37 Å². The number of halogens is 2. The van der Waals surface area contributed by atoms with E-state index in [1.54, 1.807) is 30.3 Å². The Morgan fingerprint density at radius 2 is 1.97 bits per heavy atom. The number of nitrogens with one attached hydrogen (secondary N) is 4. The van der Waals surface area contributed by atoms with Crippen LogP contribution in [0.4, 0.5) is 20.2 Å². The van der Waals surface area contributed by atoms with Gasteiger partial charge in [-0.2, -0.15) is 9.65 Å². The molecule has 0 saturated heterocycles. The molecule has 1 fully saturated rings. The summed E-state index contributed by atoms with van der Waals surface area (Å²) in [5.74, 6) is -1.23. The molecule has 36 heavy (non-hydrogen) atoms. The summed E-state index contributed by atoms with van der Waals surface area (Å²) >= 11 is 0. The lowest BCUT2D eigenvalue weighted by Gasteiger charge is -2.23. The van der Waals surface area contributed by atoms with Crippen molar-refractivity contribution in [3.8, 4) is 6.07 Å². The van der Waals surface area contributed by atoms with Crippen molar-refractivity contribution in [3.05, 3.63) is 77.3 Å². The third-order valence-corrected chi connectivity index (χ3v) is 6.05. The molecule has 186 valence electrons. The molecule has 1 aromatic heterocycles. The molecule has 2 heterocycles. The van der Waals surface area contributed by atoms with Crippen LogP contribution in [0, 0.1) is 28.5 Å². The number of aromatic nitrogens is 1. The van der Waals surface area contributed by atoms with Crippen LogP contribution in [-0.2, 0) is 0 Å². The second-order valence-electron chi connectivity index (χ2n) is 10.3. The number of benzene rings is 2. The fourth-order valence-corrected chi connectivity index (χ4v) is 4.01. The first-order valence-electron chi connectivity index (χ1n) is 12.4. The number of rotatable bonds is 7. The number of fused-ring (bicyclic) bond motifs is 1. The first-order chi connectivity index (χ1) is 17.6. The fourth-order valence-electron chi connectivity index (χ4n) is 4.01. The largest absolute Gasteiger partial charge is 0.383 e. The van der Waals surface area contributed by atoms with E-state index in [1.807, 2.05) is 38.0 Å². The lowest BCUT2D eigenvalue weighted by Crippen LogP contribution is -2.38. The highest BCUT2D eigenvalue weighted by molar-refractivity contribution is 5.96. The Kier molecular flexibility index (Phi) is 5.82. The van der Waals surface area contributed by atoms with E-state index in [0.29, 0.717) is 46.1 Å². The van der Waals surface area contributed by atoms with Gasteiger partial charge in [-0.15, -0.1) is 5.53 Å². The van der Waals surface area contributed by atoms with Crippen molar-refractivity contribution in [1.29, 1.82) is 5.26 Å². The molecule has 7 nitrogen and oxygen atoms in total. The monoisotopic (exact) mass is 490 g/mol. The first-order valence-corrected chi connectivity index (χ1v) is 11.9. The fraction of sp³-hybridized carbons (Fsp3) is 0.333. The molecule has 1 atom stereocenters. The lowest BCUT2D eigenvalue weighted by atomic mass is 9.96. The quantitative estimate of drug-likeness (QED) is 0.333. The number of hydrazine groups is 2. The van der Waals surface area contributed by atoms with Gasteiger partial charge < -0.3 is 16.1 Å². The number of hydrogen-bond donors (Lipinski definition) is 4. The van der Waals surface area contributed by atoms with E-state index >= 15 is 0 Å². The SMILES string of the molecule is [2H][C@](Nc1ccc2nc(F)c(C#N)c(NCC(C)(C)C)c2c1)(C1=CN(C2CC2)NN1)c1ccc(F)cc1. The van der Waals surface area contributed by atoms with Gasteiger partial charge in [-0.3, -0.25) is 5.01 Å². The zero-order chi connectivity index (χ0) is 26.4. The van der Waals surface area contributed by atoms with Crippen molar-refractivity contribution in [2.75, 3.05) is 17.2 Å². The number of pyridine rings is 1. The smallest absolute Gasteiger partial charge is 0.233 e. The Bertz CT molecular complexity index is 1410. The Hall–Kier alpha value is -3.90. The average molecular weight is 491 g/mol. The Labute approximate surface area is 210 Å². The molecular formula is C27H29F2N7. The third-order valence-electron chi connectivity index (χ3n) is 6.05. The highest BCUT2D eigenvalue weighted by Gasteiger charge is 2.32. The topological polar surface area (TPSA) is 88.0 Å². The van der Waals surface area contributed by atoms with Crippen LogP contribution >= 0.6 is 0 Å². The molecule has 3 aromatic rings. The molecule has 4 N–H and O–H groups in total. The van der Waals surface area contributed by atoms with Crippen LogP contribution in [0.1, 0.15) is 52.1 Å². The summed E-state index contributed by atoms with van der Waals surface area (Å²) in [5.41, 5.74) is 8.26. The van der Waals surface area contributed by atoms with Crippen LogP contribution in [-0.4, -0.2) is 22.6 Å². The minimum absolute atomic E-state index is 0.116. The summed E-state index contributed by atoms with van der Waals surface area (Å²) in [6.45, 7) is 6.63. The second kappa shape index (κ2) is 9.28. The van der Waals surface area contributed by atoms with Crippen molar-refractivity contribution >= 4 is 22.3 Å². The van der Waals surface area contributed by atoms with Crippen LogP contribution in [0.25, 0.3) is 10.9 Å². The average Bonchev–Trinajstić information content (AvgIpc) is 3.58. The van der Waals surface area contributed by atoms with Crippen LogP contribution < -0.4 is 21.6 Å². The molecule has 0 radical (unpaired) electrons. The van der Waals surface area contributed by atoms with Crippen molar-refractivity contribution in [2.24, 2.45) is 5.41 Å². The molecule has 2 aliphatic rings. The van der Waals surface area contributed by atoms with Crippen molar-refractivity contribution in [2.45, 2.75) is 45.7 Å². The zero-order valence-electron chi connectivity index (χ0n) is 21.4. The maximum Gasteiger partial charge on any atom is 0.233 e. The highest BCUT2D eigenvalue weighted by Crippen LogP contribution is 2.35. The molecule has 2 aromatic carbocycles. The maximum absolute atomic E-state index is 14.7. The first kappa shape index (κ1) is 22.6. The van der Waals surface area contributed by atoms with Crippen LogP contribution in [0.2, 0.25) is 0 Å². The van der Waals surface area contributed by atoms with Gasteiger partial charge in [-0.1, -0.05) is 32.9 Å². The Morgan fingerprint density at radius 1 is 1.22 bits per heavy atom. The summed E-state index contributed by atoms with van der Waals surface area (Å²) in [5, 5.41) is 18.7. The van der Waals surface area contributed by atoms with E-state index < -0.39 is 17.8 Å². The van der Waals surface area contributed by atoms with E-state index in [4.69, 9.17) is 0 Å². The van der Waals surface area contributed by atoms with Gasteiger partial charge >= 0.3 is 0 Å².